The van der Waals surface area contributed by atoms with Gasteiger partial charge in [0.2, 0.25) is 0 Å². The zero-order valence-electron chi connectivity index (χ0n) is 13.3. The molecule has 3 rings (SSSR count). The first-order valence-corrected chi connectivity index (χ1v) is 7.55. The van der Waals surface area contributed by atoms with Crippen LogP contribution in [0.4, 0.5) is 30.4 Å². The van der Waals surface area contributed by atoms with Gasteiger partial charge in [-0.2, -0.15) is 13.2 Å². The van der Waals surface area contributed by atoms with E-state index < -0.39 is 17.6 Å². The Hall–Kier alpha value is -3.42. The van der Waals surface area contributed by atoms with Gasteiger partial charge in [-0.3, -0.25) is 4.79 Å². The van der Waals surface area contributed by atoms with Crippen molar-refractivity contribution in [3.63, 3.8) is 0 Å². The molecule has 0 aliphatic heterocycles. The van der Waals surface area contributed by atoms with Gasteiger partial charge in [-0.1, -0.05) is 30.3 Å². The number of hydrogen-bond donors (Lipinski definition) is 2. The number of aromatic nitrogens is 2. The van der Waals surface area contributed by atoms with Crippen LogP contribution in [-0.2, 0) is 6.18 Å². The molecule has 2 N–H and O–H groups in total. The number of benzene rings is 2. The van der Waals surface area contributed by atoms with Crippen LogP contribution < -0.4 is 10.6 Å². The number of carbonyl (C=O) groups excluding carboxylic acids is 1. The normalized spacial score (nSPS) is 11.0. The molecule has 2 aromatic carbocycles. The Kier molecular flexibility index (Phi) is 4.83. The van der Waals surface area contributed by atoms with Gasteiger partial charge in [-0.05, 0) is 24.3 Å². The third kappa shape index (κ3) is 4.15. The third-order valence-corrected chi connectivity index (χ3v) is 3.43. The first-order valence-electron chi connectivity index (χ1n) is 7.55. The molecule has 0 fully saturated rings. The fourth-order valence-electron chi connectivity index (χ4n) is 2.24. The van der Waals surface area contributed by atoms with Crippen LogP contribution in [0.25, 0.3) is 0 Å². The van der Waals surface area contributed by atoms with E-state index in [-0.39, 0.29) is 17.2 Å². The summed E-state index contributed by atoms with van der Waals surface area (Å²) in [5, 5.41) is 5.24. The number of rotatable bonds is 4. The number of nitrogens with one attached hydrogen (secondary N) is 2. The lowest BCUT2D eigenvalue weighted by molar-refractivity contribution is -0.136. The Morgan fingerprint density at radius 1 is 0.923 bits per heavy atom. The molecule has 1 amide bonds. The first-order chi connectivity index (χ1) is 12.4. The van der Waals surface area contributed by atoms with Crippen molar-refractivity contribution in [2.75, 3.05) is 10.6 Å². The molecule has 0 aliphatic rings. The van der Waals surface area contributed by atoms with Gasteiger partial charge in [0.05, 0.1) is 11.3 Å². The van der Waals surface area contributed by atoms with Gasteiger partial charge in [0, 0.05) is 11.8 Å². The summed E-state index contributed by atoms with van der Waals surface area (Å²) in [6.45, 7) is 0. The maximum Gasteiger partial charge on any atom is 0.418 e. The SMILES string of the molecule is O=C(Nc1ccccc1)c1cc(Nc2ccccc2C(F)(F)F)ncn1. The summed E-state index contributed by atoms with van der Waals surface area (Å²) in [6.07, 6.45) is -3.40. The summed E-state index contributed by atoms with van der Waals surface area (Å²) in [5.41, 5.74) is -0.383. The Bertz CT molecular complexity index is 914. The number of amides is 1. The molecule has 0 saturated heterocycles. The van der Waals surface area contributed by atoms with Gasteiger partial charge in [0.25, 0.3) is 5.91 Å². The summed E-state index contributed by atoms with van der Waals surface area (Å²) in [4.78, 5) is 20.0. The van der Waals surface area contributed by atoms with E-state index in [1.807, 2.05) is 0 Å². The van der Waals surface area contributed by atoms with E-state index >= 15 is 0 Å². The monoisotopic (exact) mass is 358 g/mol. The topological polar surface area (TPSA) is 66.9 Å². The smallest absolute Gasteiger partial charge is 0.340 e. The molecule has 26 heavy (non-hydrogen) atoms. The molecule has 3 aromatic rings. The second-order valence-electron chi connectivity index (χ2n) is 5.28. The average molecular weight is 358 g/mol. The van der Waals surface area contributed by atoms with Gasteiger partial charge in [-0.15, -0.1) is 0 Å². The predicted octanol–water partition coefficient (Wildman–Crippen LogP) is 4.49. The van der Waals surface area contributed by atoms with Crippen LogP contribution in [0.1, 0.15) is 16.1 Å². The zero-order valence-corrected chi connectivity index (χ0v) is 13.3. The number of nitrogens with zero attached hydrogens (tertiary/aromatic N) is 2. The summed E-state index contributed by atoms with van der Waals surface area (Å²) in [5.74, 6) is -0.416. The molecule has 0 unspecified atom stereocenters. The Morgan fingerprint density at radius 3 is 2.35 bits per heavy atom. The molecule has 0 aliphatic carbocycles. The van der Waals surface area contributed by atoms with Crippen molar-refractivity contribution in [2.45, 2.75) is 6.18 Å². The molecule has 0 bridgehead atoms. The number of halogens is 3. The number of anilines is 3. The molecule has 5 nitrogen and oxygen atoms in total. The van der Waals surface area contributed by atoms with Gasteiger partial charge >= 0.3 is 6.18 Å². The highest BCUT2D eigenvalue weighted by Gasteiger charge is 2.33. The van der Waals surface area contributed by atoms with E-state index in [1.54, 1.807) is 30.3 Å². The van der Waals surface area contributed by atoms with E-state index in [9.17, 15) is 18.0 Å². The molecule has 132 valence electrons. The maximum absolute atomic E-state index is 13.1. The van der Waals surface area contributed by atoms with Crippen LogP contribution in [0.15, 0.2) is 67.0 Å². The number of alkyl halides is 3. The van der Waals surface area contributed by atoms with E-state index in [0.29, 0.717) is 5.69 Å². The largest absolute Gasteiger partial charge is 0.418 e. The van der Waals surface area contributed by atoms with E-state index in [4.69, 9.17) is 0 Å². The van der Waals surface area contributed by atoms with Crippen molar-refractivity contribution in [2.24, 2.45) is 0 Å². The molecular formula is C18H13F3N4O. The molecule has 1 heterocycles. The number of carbonyl (C=O) groups is 1. The quantitative estimate of drug-likeness (QED) is 0.721. The molecule has 0 saturated carbocycles. The predicted molar refractivity (Wildman–Crippen MR) is 91.2 cm³/mol. The summed E-state index contributed by atoms with van der Waals surface area (Å²) < 4.78 is 39.2. The summed E-state index contributed by atoms with van der Waals surface area (Å²) in [7, 11) is 0. The van der Waals surface area contributed by atoms with E-state index in [0.717, 1.165) is 12.4 Å². The molecule has 1 aromatic heterocycles. The van der Waals surface area contributed by atoms with Crippen LogP contribution in [0.2, 0.25) is 0 Å². The lowest BCUT2D eigenvalue weighted by Gasteiger charge is -2.14. The highest BCUT2D eigenvalue weighted by Crippen LogP contribution is 2.35. The van der Waals surface area contributed by atoms with Crippen LogP contribution in [0.5, 0.6) is 0 Å². The fourth-order valence-corrected chi connectivity index (χ4v) is 2.24. The molecular weight excluding hydrogens is 345 g/mol. The highest BCUT2D eigenvalue weighted by atomic mass is 19.4. The molecule has 0 atom stereocenters. The average Bonchev–Trinajstić information content (AvgIpc) is 2.62. The highest BCUT2D eigenvalue weighted by molar-refractivity contribution is 6.03. The number of hydrogen-bond acceptors (Lipinski definition) is 4. The lowest BCUT2D eigenvalue weighted by Crippen LogP contribution is -2.14. The lowest BCUT2D eigenvalue weighted by atomic mass is 10.1. The molecule has 0 radical (unpaired) electrons. The molecule has 0 spiro atoms. The van der Waals surface area contributed by atoms with E-state index in [2.05, 4.69) is 20.6 Å². The van der Waals surface area contributed by atoms with Crippen molar-refractivity contribution in [1.82, 2.24) is 9.97 Å². The maximum atomic E-state index is 13.1. The minimum Gasteiger partial charge on any atom is -0.340 e. The minimum atomic E-state index is -4.51. The molecule has 8 heteroatoms. The Labute approximate surface area is 146 Å². The van der Waals surface area contributed by atoms with Crippen LogP contribution in [0, 0.1) is 0 Å². The fraction of sp³-hybridized carbons (Fsp3) is 0.0556. The van der Waals surface area contributed by atoms with Crippen molar-refractivity contribution in [3.8, 4) is 0 Å². The van der Waals surface area contributed by atoms with E-state index in [1.165, 1.54) is 24.3 Å². The van der Waals surface area contributed by atoms with Crippen LogP contribution in [-0.4, -0.2) is 15.9 Å². The first kappa shape index (κ1) is 17.4. The summed E-state index contributed by atoms with van der Waals surface area (Å²) in [6, 6.07) is 15.0. The van der Waals surface area contributed by atoms with Gasteiger partial charge in [0.1, 0.15) is 17.8 Å². The van der Waals surface area contributed by atoms with Gasteiger partial charge < -0.3 is 10.6 Å². The van der Waals surface area contributed by atoms with Gasteiger partial charge in [-0.25, -0.2) is 9.97 Å². The van der Waals surface area contributed by atoms with Crippen LogP contribution >= 0.6 is 0 Å². The van der Waals surface area contributed by atoms with Crippen LogP contribution in [0.3, 0.4) is 0 Å². The van der Waals surface area contributed by atoms with Crippen molar-refractivity contribution < 1.29 is 18.0 Å². The second-order valence-corrected chi connectivity index (χ2v) is 5.28. The number of para-hydroxylation sites is 2. The zero-order chi connectivity index (χ0) is 18.6. The minimum absolute atomic E-state index is 0.0239. The van der Waals surface area contributed by atoms with Crippen molar-refractivity contribution >= 4 is 23.1 Å². The third-order valence-electron chi connectivity index (χ3n) is 3.43. The summed E-state index contributed by atoms with van der Waals surface area (Å²) >= 11 is 0. The second kappa shape index (κ2) is 7.22. The van der Waals surface area contributed by atoms with Crippen molar-refractivity contribution in [1.29, 1.82) is 0 Å². The van der Waals surface area contributed by atoms with Gasteiger partial charge in [0.15, 0.2) is 0 Å². The Balaban J connectivity index is 1.81. The Morgan fingerprint density at radius 2 is 1.62 bits per heavy atom. The standard InChI is InChI=1S/C18H13F3N4O/c19-18(20,21)13-8-4-5-9-14(13)25-16-10-15(22-11-23-16)17(26)24-12-6-2-1-3-7-12/h1-11H,(H,24,26)(H,22,23,25). The van der Waals surface area contributed by atoms with Crippen molar-refractivity contribution in [3.05, 3.63) is 78.2 Å².